The number of nitriles is 1. The number of carbonyl (C=O) groups is 3. The molecule has 0 aromatic heterocycles. The fraction of sp³-hybridized carbons (Fsp3) is 0.0667. The van der Waals surface area contributed by atoms with Crippen LogP contribution in [0.2, 0.25) is 0 Å². The summed E-state index contributed by atoms with van der Waals surface area (Å²) < 4.78 is 11.3. The minimum absolute atomic E-state index is 0.000259. The molecule has 0 unspecified atom stereocenters. The second-order valence-corrected chi connectivity index (χ2v) is 8.07. The Morgan fingerprint density at radius 1 is 0.947 bits per heavy atom. The van der Waals surface area contributed by atoms with E-state index in [1.807, 2.05) is 36.4 Å². The molecule has 0 bridgehead atoms. The van der Waals surface area contributed by atoms with Gasteiger partial charge in [-0.1, -0.05) is 48.5 Å². The molecule has 2 N–H and O–H groups in total. The zero-order valence-electron chi connectivity index (χ0n) is 20.3. The van der Waals surface area contributed by atoms with Crippen LogP contribution in [0, 0.1) is 11.3 Å². The Kier molecular flexibility index (Phi) is 7.80. The molecular formula is C30H22N2O6. The van der Waals surface area contributed by atoms with Gasteiger partial charge in [0.05, 0.1) is 17.7 Å². The van der Waals surface area contributed by atoms with Crippen molar-refractivity contribution < 1.29 is 29.0 Å². The number of anilines is 1. The van der Waals surface area contributed by atoms with E-state index in [9.17, 15) is 19.6 Å². The van der Waals surface area contributed by atoms with E-state index in [-0.39, 0.29) is 34.9 Å². The summed E-state index contributed by atoms with van der Waals surface area (Å²) in [7, 11) is 0. The monoisotopic (exact) mass is 506 g/mol. The molecule has 0 saturated heterocycles. The van der Waals surface area contributed by atoms with Crippen molar-refractivity contribution in [1.29, 1.82) is 5.26 Å². The maximum atomic E-state index is 13.0. The zero-order chi connectivity index (χ0) is 27.1. The summed E-state index contributed by atoms with van der Waals surface area (Å²) in [5.74, 6) is -1.94. The van der Waals surface area contributed by atoms with Crippen molar-refractivity contribution in [1.82, 2.24) is 0 Å². The normalized spacial score (nSPS) is 10.9. The van der Waals surface area contributed by atoms with E-state index < -0.39 is 17.8 Å². The zero-order valence-corrected chi connectivity index (χ0v) is 20.3. The third-order valence-corrected chi connectivity index (χ3v) is 5.52. The highest BCUT2D eigenvalue weighted by molar-refractivity contribution is 6.10. The molecule has 4 aromatic carbocycles. The van der Waals surface area contributed by atoms with Gasteiger partial charge in [-0.15, -0.1) is 0 Å². The molecule has 38 heavy (non-hydrogen) atoms. The molecule has 0 radical (unpaired) electrons. The number of amides is 1. The molecule has 1 amide bonds. The summed E-state index contributed by atoms with van der Waals surface area (Å²) in [4.78, 5) is 36.8. The summed E-state index contributed by atoms with van der Waals surface area (Å²) in [6.07, 6.45) is 1.36. The summed E-state index contributed by atoms with van der Waals surface area (Å²) in [5.41, 5.74) is 0.894. The molecule has 8 heteroatoms. The summed E-state index contributed by atoms with van der Waals surface area (Å²) >= 11 is 0. The van der Waals surface area contributed by atoms with Gasteiger partial charge in [-0.3, -0.25) is 4.79 Å². The number of rotatable bonds is 8. The van der Waals surface area contributed by atoms with Crippen molar-refractivity contribution in [2.24, 2.45) is 0 Å². The van der Waals surface area contributed by atoms with Crippen LogP contribution in [0.1, 0.15) is 33.2 Å². The largest absolute Gasteiger partial charge is 0.490 e. The molecule has 4 aromatic rings. The second kappa shape index (κ2) is 11.5. The summed E-state index contributed by atoms with van der Waals surface area (Å²) in [6.45, 7) is 2.07. The van der Waals surface area contributed by atoms with Gasteiger partial charge < -0.3 is 19.9 Å². The van der Waals surface area contributed by atoms with E-state index in [0.29, 0.717) is 11.1 Å². The lowest BCUT2D eigenvalue weighted by Crippen LogP contribution is -2.14. The lowest BCUT2D eigenvalue weighted by Gasteiger charge is -2.12. The number of hydrogen-bond donors (Lipinski definition) is 2. The van der Waals surface area contributed by atoms with Gasteiger partial charge in [0.15, 0.2) is 11.5 Å². The van der Waals surface area contributed by atoms with E-state index in [2.05, 4.69) is 5.32 Å². The van der Waals surface area contributed by atoms with Gasteiger partial charge in [0.25, 0.3) is 5.91 Å². The van der Waals surface area contributed by atoms with Crippen LogP contribution in [0.3, 0.4) is 0 Å². The number of nitrogens with one attached hydrogen (secondary N) is 1. The average Bonchev–Trinajstić information content (AvgIpc) is 2.92. The maximum Gasteiger partial charge on any atom is 0.344 e. The van der Waals surface area contributed by atoms with Gasteiger partial charge in [0.2, 0.25) is 0 Å². The van der Waals surface area contributed by atoms with Crippen molar-refractivity contribution in [3.8, 4) is 17.6 Å². The fourth-order valence-corrected chi connectivity index (χ4v) is 3.77. The van der Waals surface area contributed by atoms with Crippen LogP contribution in [0.5, 0.6) is 11.5 Å². The van der Waals surface area contributed by atoms with Crippen LogP contribution in [0.15, 0.2) is 90.5 Å². The van der Waals surface area contributed by atoms with Crippen molar-refractivity contribution in [2.45, 2.75) is 6.92 Å². The first-order chi connectivity index (χ1) is 18.4. The topological polar surface area (TPSA) is 126 Å². The highest BCUT2D eigenvalue weighted by Crippen LogP contribution is 2.31. The van der Waals surface area contributed by atoms with E-state index in [1.54, 1.807) is 31.2 Å². The molecule has 8 nitrogen and oxygen atoms in total. The number of ether oxygens (including phenoxy) is 2. The summed E-state index contributed by atoms with van der Waals surface area (Å²) in [5, 5.41) is 22.9. The predicted molar refractivity (Wildman–Crippen MR) is 142 cm³/mol. The Balaban J connectivity index is 1.58. The minimum Gasteiger partial charge on any atom is -0.490 e. The second-order valence-electron chi connectivity index (χ2n) is 8.07. The smallest absolute Gasteiger partial charge is 0.344 e. The SMILES string of the molecule is CCOc1cc(/C=C(\C#N)C(=O)Nc2cccc(C(=O)O)c2)ccc1OC(=O)c1cccc2ccccc12. The first kappa shape index (κ1) is 25.7. The van der Waals surface area contributed by atoms with Crippen LogP contribution in [-0.2, 0) is 4.79 Å². The number of hydrogen-bond acceptors (Lipinski definition) is 6. The van der Waals surface area contributed by atoms with E-state index in [0.717, 1.165) is 10.8 Å². The molecule has 4 rings (SSSR count). The Morgan fingerprint density at radius 3 is 2.47 bits per heavy atom. The van der Waals surface area contributed by atoms with Crippen molar-refractivity contribution in [3.63, 3.8) is 0 Å². The first-order valence-electron chi connectivity index (χ1n) is 11.6. The molecule has 0 aliphatic heterocycles. The molecular weight excluding hydrogens is 484 g/mol. The van der Waals surface area contributed by atoms with Crippen LogP contribution in [-0.4, -0.2) is 29.6 Å². The molecule has 0 heterocycles. The minimum atomic E-state index is -1.14. The highest BCUT2D eigenvalue weighted by Gasteiger charge is 2.17. The number of aromatic carboxylic acids is 1. The van der Waals surface area contributed by atoms with E-state index in [4.69, 9.17) is 14.6 Å². The highest BCUT2D eigenvalue weighted by atomic mass is 16.6. The molecule has 0 aliphatic rings. The van der Waals surface area contributed by atoms with E-state index in [1.165, 1.54) is 36.4 Å². The Bertz CT molecular complexity index is 1610. The van der Waals surface area contributed by atoms with Crippen molar-refractivity contribution in [2.75, 3.05) is 11.9 Å². The van der Waals surface area contributed by atoms with E-state index >= 15 is 0 Å². The third kappa shape index (κ3) is 5.86. The quantitative estimate of drug-likeness (QED) is 0.136. The molecule has 0 saturated carbocycles. The molecule has 0 aliphatic carbocycles. The fourth-order valence-electron chi connectivity index (χ4n) is 3.77. The standard InChI is InChI=1S/C30H22N2O6/c1-2-37-27-16-19(15-22(18-31)28(33)32-23-10-5-9-21(17-23)29(34)35)13-14-26(27)38-30(36)25-12-6-8-20-7-3-4-11-24(20)25/h3-17H,2H2,1H3,(H,32,33)(H,34,35)/b22-15+. The number of carboxylic acid groups (broad SMARTS) is 1. The van der Waals surface area contributed by atoms with Gasteiger partial charge in [0, 0.05) is 5.69 Å². The Hall–Kier alpha value is -5.42. The van der Waals surface area contributed by atoms with Crippen LogP contribution < -0.4 is 14.8 Å². The van der Waals surface area contributed by atoms with Crippen molar-refractivity contribution >= 4 is 40.4 Å². The molecule has 0 atom stereocenters. The van der Waals surface area contributed by atoms with Crippen molar-refractivity contribution in [3.05, 3.63) is 107 Å². The average molecular weight is 507 g/mol. The Labute approximate surface area is 218 Å². The van der Waals surface area contributed by atoms with Gasteiger partial charge >= 0.3 is 11.9 Å². The number of nitrogens with zero attached hydrogens (tertiary/aromatic N) is 1. The van der Waals surface area contributed by atoms with Gasteiger partial charge in [-0.05, 0) is 65.7 Å². The lowest BCUT2D eigenvalue weighted by molar-refractivity contribution is -0.112. The molecule has 0 fully saturated rings. The third-order valence-electron chi connectivity index (χ3n) is 5.52. The van der Waals surface area contributed by atoms with Gasteiger partial charge in [0.1, 0.15) is 11.6 Å². The number of fused-ring (bicyclic) bond motifs is 1. The molecule has 0 spiro atoms. The number of carbonyl (C=O) groups excluding carboxylic acids is 2. The maximum absolute atomic E-state index is 13.0. The Morgan fingerprint density at radius 2 is 1.71 bits per heavy atom. The van der Waals surface area contributed by atoms with Gasteiger partial charge in [-0.2, -0.15) is 5.26 Å². The van der Waals surface area contributed by atoms with Crippen LogP contribution in [0.25, 0.3) is 16.8 Å². The first-order valence-corrected chi connectivity index (χ1v) is 11.6. The molecule has 188 valence electrons. The number of esters is 1. The van der Waals surface area contributed by atoms with Crippen LogP contribution >= 0.6 is 0 Å². The van der Waals surface area contributed by atoms with Crippen LogP contribution in [0.4, 0.5) is 5.69 Å². The number of carboxylic acids is 1. The van der Waals surface area contributed by atoms with Gasteiger partial charge in [-0.25, -0.2) is 9.59 Å². The number of benzene rings is 4. The lowest BCUT2D eigenvalue weighted by atomic mass is 10.0. The summed E-state index contributed by atoms with van der Waals surface area (Å²) in [6, 6.07) is 25.1. The predicted octanol–water partition coefficient (Wildman–Crippen LogP) is 5.70.